The number of hydrogen-bond acceptors (Lipinski definition) is 2. The molecule has 0 saturated carbocycles. The van der Waals surface area contributed by atoms with Crippen molar-refractivity contribution >= 4 is 11.8 Å². The third-order valence-electron chi connectivity index (χ3n) is 2.33. The zero-order valence-electron chi connectivity index (χ0n) is 7.16. The van der Waals surface area contributed by atoms with E-state index in [1.54, 1.807) is 17.8 Å². The van der Waals surface area contributed by atoms with E-state index < -0.39 is 0 Å². The van der Waals surface area contributed by atoms with E-state index >= 15 is 0 Å². The van der Waals surface area contributed by atoms with Crippen LogP contribution in [0.15, 0.2) is 23.1 Å². The molecule has 1 nitrogen and oxygen atoms in total. The van der Waals surface area contributed by atoms with Gasteiger partial charge in [-0.15, -0.1) is 11.8 Å². The summed E-state index contributed by atoms with van der Waals surface area (Å²) in [7, 11) is 0. The fourth-order valence-corrected chi connectivity index (χ4v) is 2.93. The molecule has 1 aromatic rings. The van der Waals surface area contributed by atoms with Crippen molar-refractivity contribution in [3.63, 3.8) is 0 Å². The molecule has 0 amide bonds. The average Bonchev–Trinajstić information content (AvgIpc) is 2.49. The first-order chi connectivity index (χ1) is 6.31. The van der Waals surface area contributed by atoms with E-state index in [2.05, 4.69) is 0 Å². The van der Waals surface area contributed by atoms with Crippen molar-refractivity contribution in [3.8, 4) is 0 Å². The lowest BCUT2D eigenvalue weighted by Gasteiger charge is -2.07. The Balaban J connectivity index is 2.29. The van der Waals surface area contributed by atoms with Crippen molar-refractivity contribution in [1.82, 2.24) is 0 Å². The molecule has 1 aromatic carbocycles. The van der Waals surface area contributed by atoms with Crippen LogP contribution in [-0.2, 0) is 0 Å². The van der Waals surface area contributed by atoms with Gasteiger partial charge in [0.15, 0.2) is 0 Å². The Morgan fingerprint density at radius 3 is 3.15 bits per heavy atom. The lowest BCUT2D eigenvalue weighted by Crippen LogP contribution is -1.99. The summed E-state index contributed by atoms with van der Waals surface area (Å²) in [4.78, 5) is 1.17. The highest BCUT2D eigenvalue weighted by atomic mass is 32.2. The largest absolute Gasteiger partial charge is 0.396 e. The number of aliphatic hydroxyl groups excluding tert-OH is 1. The maximum Gasteiger partial charge on any atom is 0.123 e. The van der Waals surface area contributed by atoms with Crippen molar-refractivity contribution in [2.24, 2.45) is 0 Å². The van der Waals surface area contributed by atoms with Crippen molar-refractivity contribution < 1.29 is 9.50 Å². The van der Waals surface area contributed by atoms with E-state index in [1.807, 2.05) is 6.07 Å². The predicted octanol–water partition coefficient (Wildman–Crippen LogP) is 2.40. The molecule has 1 unspecified atom stereocenters. The highest BCUT2D eigenvalue weighted by Crippen LogP contribution is 2.41. The average molecular weight is 198 g/mol. The van der Waals surface area contributed by atoms with Crippen LogP contribution in [0.1, 0.15) is 17.9 Å². The van der Waals surface area contributed by atoms with Crippen molar-refractivity contribution in [1.29, 1.82) is 0 Å². The molecular formula is C10H11FOS. The van der Waals surface area contributed by atoms with E-state index in [4.69, 9.17) is 5.11 Å². The molecule has 0 aliphatic carbocycles. The Kier molecular flexibility index (Phi) is 2.56. The van der Waals surface area contributed by atoms with Crippen LogP contribution >= 0.6 is 11.8 Å². The number of halogens is 1. The minimum atomic E-state index is -0.177. The van der Waals surface area contributed by atoms with Gasteiger partial charge in [-0.25, -0.2) is 4.39 Å². The summed E-state index contributed by atoms with van der Waals surface area (Å²) >= 11 is 1.75. The van der Waals surface area contributed by atoms with Gasteiger partial charge in [-0.3, -0.25) is 0 Å². The molecule has 3 heteroatoms. The summed E-state index contributed by atoms with van der Waals surface area (Å²) < 4.78 is 12.9. The van der Waals surface area contributed by atoms with Gasteiger partial charge < -0.3 is 5.11 Å². The van der Waals surface area contributed by atoms with Crippen LogP contribution in [0.5, 0.6) is 0 Å². The first kappa shape index (κ1) is 9.03. The van der Waals surface area contributed by atoms with Crippen molar-refractivity contribution in [2.75, 3.05) is 12.4 Å². The first-order valence-corrected chi connectivity index (χ1v) is 5.33. The molecule has 70 valence electrons. The second-order valence-corrected chi connectivity index (χ2v) is 4.26. The van der Waals surface area contributed by atoms with E-state index in [9.17, 15) is 4.39 Å². The van der Waals surface area contributed by atoms with Gasteiger partial charge in [-0.2, -0.15) is 0 Å². The quantitative estimate of drug-likeness (QED) is 0.787. The number of fused-ring (bicyclic) bond motifs is 1. The first-order valence-electron chi connectivity index (χ1n) is 4.34. The fourth-order valence-electron chi connectivity index (χ4n) is 1.64. The Morgan fingerprint density at radius 2 is 2.38 bits per heavy atom. The molecule has 1 heterocycles. The summed E-state index contributed by atoms with van der Waals surface area (Å²) in [6, 6.07) is 4.91. The maximum absolute atomic E-state index is 12.9. The standard InChI is InChI=1S/C10H11FOS/c11-8-1-2-10-9(5-8)7(3-4-12)6-13-10/h1-2,5,7,12H,3-4,6H2. The van der Waals surface area contributed by atoms with E-state index in [0.29, 0.717) is 5.92 Å². The summed E-state index contributed by atoms with van der Waals surface area (Å²) in [5.74, 6) is 1.13. The van der Waals surface area contributed by atoms with E-state index in [1.165, 1.54) is 11.0 Å². The summed E-state index contributed by atoms with van der Waals surface area (Å²) in [5, 5.41) is 8.82. The fraction of sp³-hybridized carbons (Fsp3) is 0.400. The van der Waals surface area contributed by atoms with Gasteiger partial charge in [0, 0.05) is 17.3 Å². The summed E-state index contributed by atoms with van der Waals surface area (Å²) in [5.41, 5.74) is 1.07. The molecule has 1 N–H and O–H groups in total. The topological polar surface area (TPSA) is 20.2 Å². The Bertz CT molecular complexity index is 312. The van der Waals surface area contributed by atoms with Crippen molar-refractivity contribution in [2.45, 2.75) is 17.2 Å². The second-order valence-electron chi connectivity index (χ2n) is 3.20. The third-order valence-corrected chi connectivity index (χ3v) is 3.58. The van der Waals surface area contributed by atoms with Gasteiger partial charge in [-0.05, 0) is 36.1 Å². The maximum atomic E-state index is 12.9. The van der Waals surface area contributed by atoms with Crippen LogP contribution < -0.4 is 0 Å². The molecule has 0 saturated heterocycles. The molecule has 0 fully saturated rings. The minimum Gasteiger partial charge on any atom is -0.396 e. The molecule has 1 atom stereocenters. The van der Waals surface area contributed by atoms with Gasteiger partial charge in [-0.1, -0.05) is 0 Å². The van der Waals surface area contributed by atoms with E-state index in [0.717, 1.165) is 17.7 Å². The number of benzene rings is 1. The van der Waals surface area contributed by atoms with Crippen LogP contribution in [0.3, 0.4) is 0 Å². The highest BCUT2D eigenvalue weighted by molar-refractivity contribution is 7.99. The third kappa shape index (κ3) is 1.71. The van der Waals surface area contributed by atoms with Gasteiger partial charge in [0.2, 0.25) is 0 Å². The predicted molar refractivity (Wildman–Crippen MR) is 51.6 cm³/mol. The molecular weight excluding hydrogens is 187 g/mol. The SMILES string of the molecule is OCCC1CSc2ccc(F)cc21. The van der Waals surface area contributed by atoms with Crippen LogP contribution in [0.25, 0.3) is 0 Å². The van der Waals surface area contributed by atoms with Gasteiger partial charge in [0.25, 0.3) is 0 Å². The lowest BCUT2D eigenvalue weighted by atomic mass is 9.98. The number of aliphatic hydroxyl groups is 1. The Morgan fingerprint density at radius 1 is 1.54 bits per heavy atom. The molecule has 0 bridgehead atoms. The van der Waals surface area contributed by atoms with Gasteiger partial charge >= 0.3 is 0 Å². The molecule has 13 heavy (non-hydrogen) atoms. The van der Waals surface area contributed by atoms with Crippen molar-refractivity contribution in [3.05, 3.63) is 29.6 Å². The smallest absolute Gasteiger partial charge is 0.123 e. The number of thioether (sulfide) groups is 1. The number of rotatable bonds is 2. The molecule has 0 radical (unpaired) electrons. The number of hydrogen-bond donors (Lipinski definition) is 1. The van der Waals surface area contributed by atoms with Gasteiger partial charge in [0.05, 0.1) is 0 Å². The summed E-state index contributed by atoms with van der Waals surface area (Å²) in [6.45, 7) is 0.182. The molecule has 0 spiro atoms. The van der Waals surface area contributed by atoms with E-state index in [-0.39, 0.29) is 12.4 Å². The Labute approximate surface area is 81.0 Å². The van der Waals surface area contributed by atoms with Crippen LogP contribution in [-0.4, -0.2) is 17.5 Å². The van der Waals surface area contributed by atoms with Crippen LogP contribution in [0.4, 0.5) is 4.39 Å². The zero-order valence-corrected chi connectivity index (χ0v) is 7.98. The van der Waals surface area contributed by atoms with Crippen LogP contribution in [0.2, 0.25) is 0 Å². The van der Waals surface area contributed by atoms with Gasteiger partial charge in [0.1, 0.15) is 5.82 Å². The molecule has 1 aliphatic rings. The second kappa shape index (κ2) is 3.68. The molecule has 2 rings (SSSR count). The monoisotopic (exact) mass is 198 g/mol. The Hall–Kier alpha value is -0.540. The minimum absolute atomic E-state index is 0.177. The van der Waals surface area contributed by atoms with Crippen LogP contribution in [0, 0.1) is 5.82 Å². The summed E-state index contributed by atoms with van der Waals surface area (Å²) in [6.07, 6.45) is 0.740. The zero-order chi connectivity index (χ0) is 9.26. The normalized spacial score (nSPS) is 20.3. The highest BCUT2D eigenvalue weighted by Gasteiger charge is 2.22. The molecule has 1 aliphatic heterocycles. The molecule has 0 aromatic heterocycles. The lowest BCUT2D eigenvalue weighted by molar-refractivity contribution is 0.279.